The van der Waals surface area contributed by atoms with Crippen LogP contribution in [0.5, 0.6) is 11.5 Å². The minimum atomic E-state index is -0.629. The van der Waals surface area contributed by atoms with Crippen LogP contribution in [0.4, 0.5) is 5.69 Å². The molecule has 0 atom stereocenters. The maximum atomic E-state index is 13.2. The van der Waals surface area contributed by atoms with Gasteiger partial charge in [0.05, 0.1) is 17.3 Å². The molecule has 6 nitrogen and oxygen atoms in total. The van der Waals surface area contributed by atoms with E-state index >= 15 is 0 Å². The van der Waals surface area contributed by atoms with Gasteiger partial charge in [-0.3, -0.25) is 19.8 Å². The topological polar surface area (TPSA) is 67.9 Å². The fourth-order valence-electron chi connectivity index (χ4n) is 2.97. The smallest absolute Gasteiger partial charge is 0.270 e. The minimum absolute atomic E-state index is 0.00658. The number of hydrogen-bond donors (Lipinski definition) is 1. The standard InChI is InChI=1S/C23H18Cl2N2O4S/c1-4-8-31-20-18(25)10-14(11-19(20)30-5-2)9-16-21(28)26-23(32)27(22(16)29)15-7-6-13(3)17(24)12-15/h1,6-7,9-12H,5,8H2,2-3H3,(H,26,28,32)/b16-9+. The molecular formula is C23H18Cl2N2O4S. The maximum Gasteiger partial charge on any atom is 0.270 e. The van der Waals surface area contributed by atoms with Crippen molar-refractivity contribution in [3.63, 3.8) is 0 Å². The Morgan fingerprint density at radius 2 is 1.94 bits per heavy atom. The number of thiocarbonyl (C=S) groups is 1. The molecule has 1 saturated heterocycles. The fourth-order valence-corrected chi connectivity index (χ4v) is 3.70. The van der Waals surface area contributed by atoms with Gasteiger partial charge in [0, 0.05) is 5.02 Å². The lowest BCUT2D eigenvalue weighted by Gasteiger charge is -2.29. The van der Waals surface area contributed by atoms with Gasteiger partial charge in [-0.15, -0.1) is 6.42 Å². The molecule has 0 saturated carbocycles. The third-order valence-electron chi connectivity index (χ3n) is 4.46. The summed E-state index contributed by atoms with van der Waals surface area (Å²) in [4.78, 5) is 27.0. The van der Waals surface area contributed by atoms with Crippen LogP contribution in [0.2, 0.25) is 10.0 Å². The number of terminal acetylenes is 1. The van der Waals surface area contributed by atoms with Crippen molar-refractivity contribution in [3.8, 4) is 23.8 Å². The van der Waals surface area contributed by atoms with E-state index in [0.29, 0.717) is 28.6 Å². The molecule has 1 heterocycles. The molecule has 0 aliphatic carbocycles. The lowest BCUT2D eigenvalue weighted by molar-refractivity contribution is -0.122. The molecule has 164 valence electrons. The van der Waals surface area contributed by atoms with Crippen LogP contribution in [-0.2, 0) is 9.59 Å². The summed E-state index contributed by atoms with van der Waals surface area (Å²) in [6.45, 7) is 3.99. The summed E-state index contributed by atoms with van der Waals surface area (Å²) in [5, 5.41) is 3.18. The molecule has 1 N–H and O–H groups in total. The molecule has 3 rings (SSSR count). The molecule has 2 aromatic carbocycles. The van der Waals surface area contributed by atoms with Crippen molar-refractivity contribution in [3.05, 3.63) is 57.1 Å². The number of rotatable bonds is 6. The number of nitrogens with zero attached hydrogens (tertiary/aromatic N) is 1. The fraction of sp³-hybridized carbons (Fsp3) is 0.174. The van der Waals surface area contributed by atoms with Gasteiger partial charge in [0.25, 0.3) is 11.8 Å². The number of halogens is 2. The summed E-state index contributed by atoms with van der Waals surface area (Å²) in [6.07, 6.45) is 6.65. The van der Waals surface area contributed by atoms with Crippen LogP contribution in [-0.4, -0.2) is 30.1 Å². The molecule has 32 heavy (non-hydrogen) atoms. The number of amides is 2. The SMILES string of the molecule is C#CCOc1c(Cl)cc(/C=C2\C(=O)NC(=S)N(c3ccc(C)c(Cl)c3)C2=O)cc1OCC. The highest BCUT2D eigenvalue weighted by molar-refractivity contribution is 7.80. The summed E-state index contributed by atoms with van der Waals surface area (Å²) in [5.74, 6) is 1.76. The van der Waals surface area contributed by atoms with Crippen molar-refractivity contribution in [2.75, 3.05) is 18.1 Å². The van der Waals surface area contributed by atoms with Crippen LogP contribution < -0.4 is 19.7 Å². The van der Waals surface area contributed by atoms with Crippen molar-refractivity contribution < 1.29 is 19.1 Å². The van der Waals surface area contributed by atoms with Gasteiger partial charge in [-0.1, -0.05) is 35.2 Å². The number of benzene rings is 2. The van der Waals surface area contributed by atoms with Crippen LogP contribution in [0.1, 0.15) is 18.1 Å². The van der Waals surface area contributed by atoms with Crippen LogP contribution in [0.25, 0.3) is 6.08 Å². The highest BCUT2D eigenvalue weighted by atomic mass is 35.5. The van der Waals surface area contributed by atoms with Gasteiger partial charge in [0.15, 0.2) is 16.6 Å². The molecular weight excluding hydrogens is 471 g/mol. The van der Waals surface area contributed by atoms with E-state index in [-0.39, 0.29) is 28.1 Å². The quantitative estimate of drug-likeness (QED) is 0.279. The van der Waals surface area contributed by atoms with E-state index in [9.17, 15) is 9.59 Å². The molecule has 1 fully saturated rings. The van der Waals surface area contributed by atoms with Crippen molar-refractivity contribution in [2.24, 2.45) is 0 Å². The minimum Gasteiger partial charge on any atom is -0.490 e. The number of nitrogens with one attached hydrogen (secondary N) is 1. The van der Waals surface area contributed by atoms with Crippen molar-refractivity contribution in [2.45, 2.75) is 13.8 Å². The van der Waals surface area contributed by atoms with Crippen LogP contribution in [0.15, 0.2) is 35.9 Å². The summed E-state index contributed by atoms with van der Waals surface area (Å²) in [6, 6.07) is 8.22. The van der Waals surface area contributed by atoms with Gasteiger partial charge in [0.1, 0.15) is 12.2 Å². The highest BCUT2D eigenvalue weighted by Crippen LogP contribution is 2.37. The lowest BCUT2D eigenvalue weighted by atomic mass is 10.1. The largest absolute Gasteiger partial charge is 0.490 e. The van der Waals surface area contributed by atoms with E-state index in [0.717, 1.165) is 5.56 Å². The average Bonchev–Trinajstić information content (AvgIpc) is 2.73. The van der Waals surface area contributed by atoms with E-state index < -0.39 is 11.8 Å². The Balaban J connectivity index is 2.03. The van der Waals surface area contributed by atoms with Gasteiger partial charge in [-0.05, 0) is 67.5 Å². The summed E-state index contributed by atoms with van der Waals surface area (Å²) in [5.41, 5.74) is 1.61. The zero-order valence-corrected chi connectivity index (χ0v) is 19.5. The van der Waals surface area contributed by atoms with Gasteiger partial charge < -0.3 is 9.47 Å². The third-order valence-corrected chi connectivity index (χ3v) is 5.43. The second kappa shape index (κ2) is 10.0. The predicted molar refractivity (Wildman–Crippen MR) is 129 cm³/mol. The Hall–Kier alpha value is -3.05. The van der Waals surface area contributed by atoms with Gasteiger partial charge in [-0.25, -0.2) is 0 Å². The van der Waals surface area contributed by atoms with Crippen LogP contribution >= 0.6 is 35.4 Å². The molecule has 0 bridgehead atoms. The Kier molecular flexibility index (Phi) is 7.41. The molecule has 1 aliphatic heterocycles. The van der Waals surface area contributed by atoms with E-state index in [1.807, 2.05) is 6.92 Å². The van der Waals surface area contributed by atoms with Gasteiger partial charge in [0.2, 0.25) is 0 Å². The highest BCUT2D eigenvalue weighted by Gasteiger charge is 2.34. The molecule has 0 spiro atoms. The Labute approximate surface area is 201 Å². The summed E-state index contributed by atoms with van der Waals surface area (Å²) < 4.78 is 11.1. The number of carbonyl (C=O) groups excluding carboxylic acids is 2. The zero-order valence-electron chi connectivity index (χ0n) is 17.2. The van der Waals surface area contributed by atoms with E-state index in [1.165, 1.54) is 11.0 Å². The van der Waals surface area contributed by atoms with Crippen LogP contribution in [0.3, 0.4) is 0 Å². The van der Waals surface area contributed by atoms with Gasteiger partial charge >= 0.3 is 0 Å². The van der Waals surface area contributed by atoms with Crippen molar-refractivity contribution in [1.29, 1.82) is 0 Å². The number of anilines is 1. The second-order valence-corrected chi connectivity index (χ2v) is 7.85. The number of ether oxygens (including phenoxy) is 2. The first-order valence-corrected chi connectivity index (χ1v) is 10.6. The molecule has 0 unspecified atom stereocenters. The molecule has 1 aliphatic rings. The van der Waals surface area contributed by atoms with E-state index in [4.69, 9.17) is 51.3 Å². The van der Waals surface area contributed by atoms with Crippen molar-refractivity contribution in [1.82, 2.24) is 5.32 Å². The Morgan fingerprint density at radius 3 is 2.59 bits per heavy atom. The van der Waals surface area contributed by atoms with Crippen molar-refractivity contribution >= 4 is 64.1 Å². The number of aryl methyl sites for hydroxylation is 1. The second-order valence-electron chi connectivity index (χ2n) is 6.65. The summed E-state index contributed by atoms with van der Waals surface area (Å²) in [7, 11) is 0. The van der Waals surface area contributed by atoms with Crippen LogP contribution in [0, 0.1) is 19.3 Å². The Morgan fingerprint density at radius 1 is 1.19 bits per heavy atom. The first-order chi connectivity index (χ1) is 15.3. The predicted octanol–water partition coefficient (Wildman–Crippen LogP) is 4.54. The van der Waals surface area contributed by atoms with E-state index in [1.54, 1.807) is 37.3 Å². The molecule has 0 aromatic heterocycles. The first kappa shape index (κ1) is 23.6. The third kappa shape index (κ3) is 4.89. The monoisotopic (exact) mass is 488 g/mol. The molecule has 2 aromatic rings. The molecule has 0 radical (unpaired) electrons. The lowest BCUT2D eigenvalue weighted by Crippen LogP contribution is -2.54. The Bertz CT molecular complexity index is 1190. The molecule has 2 amide bonds. The van der Waals surface area contributed by atoms with Gasteiger partial charge in [-0.2, -0.15) is 0 Å². The number of carbonyl (C=O) groups is 2. The summed E-state index contributed by atoms with van der Waals surface area (Å²) >= 11 is 17.8. The first-order valence-electron chi connectivity index (χ1n) is 9.47. The zero-order chi connectivity index (χ0) is 23.4. The normalized spacial score (nSPS) is 14.9. The maximum absolute atomic E-state index is 13.2. The molecule has 9 heteroatoms. The number of hydrogen-bond acceptors (Lipinski definition) is 5. The average molecular weight is 489 g/mol. The van der Waals surface area contributed by atoms with E-state index in [2.05, 4.69) is 11.2 Å².